The summed E-state index contributed by atoms with van der Waals surface area (Å²) in [6, 6.07) is 11.6. The van der Waals surface area contributed by atoms with Gasteiger partial charge in [-0.25, -0.2) is 4.68 Å². The second-order valence-corrected chi connectivity index (χ2v) is 11.1. The van der Waals surface area contributed by atoms with E-state index in [4.69, 9.17) is 51.5 Å². The Morgan fingerprint density at radius 1 is 0.944 bits per heavy atom. The van der Waals surface area contributed by atoms with Crippen LogP contribution in [-0.4, -0.2) is 39.6 Å². The molecule has 2 aromatic carbocycles. The van der Waals surface area contributed by atoms with Gasteiger partial charge in [-0.1, -0.05) is 80.5 Å². The largest absolute Gasteiger partial charge is 0.329 e. The average molecular weight is 570 g/mol. The maximum Gasteiger partial charge on any atom is 0.254 e. The summed E-state index contributed by atoms with van der Waals surface area (Å²) >= 11 is 24.4. The Labute approximate surface area is 231 Å². The molecule has 3 rings (SSSR count). The Kier molecular flexibility index (Phi) is 9.33. The molecular weight excluding hydrogens is 542 g/mol. The van der Waals surface area contributed by atoms with Gasteiger partial charge in [-0.15, -0.1) is 0 Å². The van der Waals surface area contributed by atoms with Gasteiger partial charge < -0.3 is 10.2 Å². The second kappa shape index (κ2) is 11.9. The van der Waals surface area contributed by atoms with Crippen molar-refractivity contribution in [1.29, 1.82) is 0 Å². The van der Waals surface area contributed by atoms with Crippen LogP contribution < -0.4 is 5.32 Å². The molecule has 0 radical (unpaired) electrons. The molecule has 2 amide bonds. The lowest BCUT2D eigenvalue weighted by molar-refractivity contribution is -0.116. The molecule has 6 nitrogen and oxygen atoms in total. The molecule has 1 heterocycles. The minimum absolute atomic E-state index is 0.142. The number of anilines is 1. The Bertz CT molecular complexity index is 1270. The molecule has 0 aliphatic rings. The van der Waals surface area contributed by atoms with Gasteiger partial charge in [0.25, 0.3) is 5.91 Å². The zero-order valence-corrected chi connectivity index (χ0v) is 23.6. The highest BCUT2D eigenvalue weighted by atomic mass is 35.5. The monoisotopic (exact) mass is 568 g/mol. The summed E-state index contributed by atoms with van der Waals surface area (Å²) in [6.45, 7) is 8.39. The molecule has 0 saturated heterocycles. The van der Waals surface area contributed by atoms with Gasteiger partial charge >= 0.3 is 0 Å². The van der Waals surface area contributed by atoms with Crippen LogP contribution >= 0.6 is 46.4 Å². The number of carbonyl (C=O) groups is 2. The number of nitrogens with zero attached hydrogens (tertiary/aromatic N) is 3. The normalized spacial score (nSPS) is 11.4. The van der Waals surface area contributed by atoms with Gasteiger partial charge in [0.1, 0.15) is 12.4 Å². The van der Waals surface area contributed by atoms with E-state index in [0.717, 1.165) is 18.5 Å². The predicted octanol–water partition coefficient (Wildman–Crippen LogP) is 7.66. The number of rotatable bonds is 8. The van der Waals surface area contributed by atoms with Crippen molar-refractivity contribution in [3.05, 3.63) is 73.8 Å². The average Bonchev–Trinajstić information content (AvgIpc) is 3.24. The highest BCUT2D eigenvalue weighted by molar-refractivity contribution is 6.42. The van der Waals surface area contributed by atoms with Crippen molar-refractivity contribution in [2.45, 2.75) is 46.0 Å². The van der Waals surface area contributed by atoms with E-state index in [0.29, 0.717) is 38.7 Å². The van der Waals surface area contributed by atoms with Crippen molar-refractivity contribution in [3.8, 4) is 5.69 Å². The minimum Gasteiger partial charge on any atom is -0.329 e. The number of aromatic nitrogens is 2. The number of halogens is 4. The fourth-order valence-electron chi connectivity index (χ4n) is 3.42. The zero-order valence-electron chi connectivity index (χ0n) is 20.5. The molecule has 3 aromatic rings. The molecule has 0 fully saturated rings. The molecule has 0 atom stereocenters. The first-order valence-electron chi connectivity index (χ1n) is 11.5. The summed E-state index contributed by atoms with van der Waals surface area (Å²) < 4.78 is 1.61. The van der Waals surface area contributed by atoms with Crippen molar-refractivity contribution in [3.63, 3.8) is 0 Å². The number of unbranched alkanes of at least 4 members (excludes halogenated alkanes) is 1. The lowest BCUT2D eigenvalue weighted by atomic mass is 9.92. The molecular formula is C26H28Cl4N4O2. The fraction of sp³-hybridized carbons (Fsp3) is 0.346. The van der Waals surface area contributed by atoms with Crippen molar-refractivity contribution in [2.75, 3.05) is 18.4 Å². The molecule has 36 heavy (non-hydrogen) atoms. The maximum atomic E-state index is 13.2. The van der Waals surface area contributed by atoms with E-state index in [9.17, 15) is 9.59 Å². The number of carbonyl (C=O) groups excluding carboxylic acids is 2. The minimum atomic E-state index is -0.360. The summed E-state index contributed by atoms with van der Waals surface area (Å²) in [5.74, 6) is -0.201. The molecule has 0 aliphatic heterocycles. The second-order valence-electron chi connectivity index (χ2n) is 9.43. The Morgan fingerprint density at radius 2 is 1.58 bits per heavy atom. The smallest absolute Gasteiger partial charge is 0.254 e. The summed E-state index contributed by atoms with van der Waals surface area (Å²) in [5.41, 5.74) is 1.52. The number of benzene rings is 2. The SMILES string of the molecule is CCCCN(CC(=O)Nc1cc(C(C)(C)C)nn1-c1ccc(Cl)c(Cl)c1)C(=O)c1ccc(Cl)c(Cl)c1. The van der Waals surface area contributed by atoms with Gasteiger partial charge in [-0.3, -0.25) is 9.59 Å². The van der Waals surface area contributed by atoms with Crippen molar-refractivity contribution < 1.29 is 9.59 Å². The van der Waals surface area contributed by atoms with Crippen molar-refractivity contribution in [2.24, 2.45) is 0 Å². The van der Waals surface area contributed by atoms with Crippen LogP contribution in [0.3, 0.4) is 0 Å². The molecule has 0 spiro atoms. The summed E-state index contributed by atoms with van der Waals surface area (Å²) in [6.07, 6.45) is 1.61. The first kappa shape index (κ1) is 28.3. The van der Waals surface area contributed by atoms with E-state index >= 15 is 0 Å². The molecule has 192 valence electrons. The highest BCUT2D eigenvalue weighted by Crippen LogP contribution is 2.30. The summed E-state index contributed by atoms with van der Waals surface area (Å²) in [4.78, 5) is 27.9. The van der Waals surface area contributed by atoms with E-state index < -0.39 is 0 Å². The number of nitrogens with one attached hydrogen (secondary N) is 1. The Hall–Kier alpha value is -2.25. The van der Waals surface area contributed by atoms with Crippen molar-refractivity contribution in [1.82, 2.24) is 14.7 Å². The third-order valence-electron chi connectivity index (χ3n) is 5.46. The van der Waals surface area contributed by atoms with Gasteiger partial charge in [0.2, 0.25) is 5.91 Å². The quantitative estimate of drug-likeness (QED) is 0.302. The van der Waals surface area contributed by atoms with E-state index in [2.05, 4.69) is 5.32 Å². The van der Waals surface area contributed by atoms with Crippen LogP contribution in [0.15, 0.2) is 42.5 Å². The van der Waals surface area contributed by atoms with Crippen LogP contribution in [0.5, 0.6) is 0 Å². The summed E-state index contributed by atoms with van der Waals surface area (Å²) in [7, 11) is 0. The number of amides is 2. The first-order chi connectivity index (χ1) is 16.9. The predicted molar refractivity (Wildman–Crippen MR) is 148 cm³/mol. The third kappa shape index (κ3) is 6.94. The van der Waals surface area contributed by atoms with Crippen LogP contribution in [0.1, 0.15) is 56.6 Å². The molecule has 1 aromatic heterocycles. The first-order valence-corrected chi connectivity index (χ1v) is 13.0. The van der Waals surface area contributed by atoms with Gasteiger partial charge in [-0.05, 0) is 42.8 Å². The standard InChI is InChI=1S/C26H28Cl4N4O2/c1-5-6-11-33(25(36)16-7-9-18(27)20(29)12-16)15-24(35)31-23-14-22(26(2,3)4)32-34(23)17-8-10-19(28)21(30)13-17/h7-10,12-14H,5-6,11,15H2,1-4H3,(H,31,35). The molecule has 10 heteroatoms. The van der Waals surface area contributed by atoms with Crippen LogP contribution in [0, 0.1) is 0 Å². The van der Waals surface area contributed by atoms with E-state index in [1.165, 1.54) is 11.0 Å². The van der Waals surface area contributed by atoms with Gasteiger partial charge in [0, 0.05) is 23.6 Å². The summed E-state index contributed by atoms with van der Waals surface area (Å²) in [5, 5.41) is 9.04. The van der Waals surface area contributed by atoms with Crippen molar-refractivity contribution >= 4 is 64.0 Å². The van der Waals surface area contributed by atoms with E-state index in [-0.39, 0.29) is 28.8 Å². The van der Waals surface area contributed by atoms with E-state index in [1.54, 1.807) is 35.0 Å². The Morgan fingerprint density at radius 3 is 2.17 bits per heavy atom. The fourth-order valence-corrected chi connectivity index (χ4v) is 4.01. The van der Waals surface area contributed by atoms with Gasteiger partial charge in [0.15, 0.2) is 0 Å². The molecule has 0 aliphatic carbocycles. The van der Waals surface area contributed by atoms with Crippen LogP contribution in [0.2, 0.25) is 20.1 Å². The van der Waals surface area contributed by atoms with Crippen LogP contribution in [-0.2, 0) is 10.2 Å². The zero-order chi connectivity index (χ0) is 26.6. The number of hydrogen-bond donors (Lipinski definition) is 1. The topological polar surface area (TPSA) is 67.2 Å². The van der Waals surface area contributed by atoms with Gasteiger partial charge in [0.05, 0.1) is 31.5 Å². The molecule has 1 N–H and O–H groups in total. The van der Waals surface area contributed by atoms with Crippen LogP contribution in [0.4, 0.5) is 5.82 Å². The van der Waals surface area contributed by atoms with Gasteiger partial charge in [-0.2, -0.15) is 5.10 Å². The molecule has 0 saturated carbocycles. The number of hydrogen-bond acceptors (Lipinski definition) is 3. The third-order valence-corrected chi connectivity index (χ3v) is 6.94. The maximum absolute atomic E-state index is 13.2. The molecule has 0 bridgehead atoms. The Balaban J connectivity index is 1.88. The van der Waals surface area contributed by atoms with Crippen LogP contribution in [0.25, 0.3) is 5.69 Å². The van der Waals surface area contributed by atoms with E-state index in [1.807, 2.05) is 33.8 Å². The lowest BCUT2D eigenvalue weighted by Crippen LogP contribution is -2.39. The molecule has 0 unspecified atom stereocenters. The highest BCUT2D eigenvalue weighted by Gasteiger charge is 2.24. The lowest BCUT2D eigenvalue weighted by Gasteiger charge is -2.22.